The molecule has 7 heteroatoms. The van der Waals surface area contributed by atoms with E-state index < -0.39 is 0 Å². The molecule has 1 aromatic carbocycles. The predicted molar refractivity (Wildman–Crippen MR) is 89.9 cm³/mol. The number of aromatic amines is 1. The Kier molecular flexibility index (Phi) is 5.10. The summed E-state index contributed by atoms with van der Waals surface area (Å²) in [6, 6.07) is 10.8. The molecule has 3 aromatic rings. The third-order valence-electron chi connectivity index (χ3n) is 3.14. The summed E-state index contributed by atoms with van der Waals surface area (Å²) in [5, 5.41) is 8.19. The van der Waals surface area contributed by atoms with Crippen LogP contribution >= 0.6 is 23.2 Å². The van der Waals surface area contributed by atoms with E-state index in [0.717, 1.165) is 24.4 Å². The molecule has 3 rings (SSSR count). The molecule has 23 heavy (non-hydrogen) atoms. The topological polar surface area (TPSA) is 63.7 Å². The smallest absolute Gasteiger partial charge is 0.199 e. The van der Waals surface area contributed by atoms with Crippen LogP contribution in [0.5, 0.6) is 5.75 Å². The standard InChI is InChI=1S/C16H14Cl2N4O/c17-11-6-7-14(12(18)10-11)23-9-3-5-15-20-16(22-21-15)13-4-1-2-8-19-13/h1-2,4,6-8,10H,3,5,9H2,(H,20,21,22). The molecule has 0 aliphatic carbocycles. The van der Waals surface area contributed by atoms with Gasteiger partial charge in [-0.15, -0.1) is 0 Å². The Labute approximate surface area is 143 Å². The van der Waals surface area contributed by atoms with Crippen LogP contribution in [0.25, 0.3) is 11.5 Å². The first-order valence-electron chi connectivity index (χ1n) is 7.13. The maximum Gasteiger partial charge on any atom is 0.199 e. The Bertz CT molecular complexity index is 777. The molecule has 0 unspecified atom stereocenters. The molecule has 0 atom stereocenters. The number of pyridine rings is 1. The number of nitrogens with zero attached hydrogens (tertiary/aromatic N) is 3. The minimum absolute atomic E-state index is 0.509. The minimum Gasteiger partial charge on any atom is -0.492 e. The number of hydrogen-bond acceptors (Lipinski definition) is 4. The Balaban J connectivity index is 1.50. The van der Waals surface area contributed by atoms with Crippen molar-refractivity contribution in [3.8, 4) is 17.3 Å². The maximum absolute atomic E-state index is 6.05. The third-order valence-corrected chi connectivity index (χ3v) is 3.67. The number of benzene rings is 1. The molecular formula is C16H14Cl2N4O. The predicted octanol–water partition coefficient (Wildman–Crippen LogP) is 4.19. The van der Waals surface area contributed by atoms with Crippen LogP contribution in [0.1, 0.15) is 12.2 Å². The third kappa shape index (κ3) is 4.21. The second-order valence-corrected chi connectivity index (χ2v) is 5.69. The van der Waals surface area contributed by atoms with E-state index in [4.69, 9.17) is 27.9 Å². The fourth-order valence-electron chi connectivity index (χ4n) is 2.03. The first-order chi connectivity index (χ1) is 11.2. The first-order valence-corrected chi connectivity index (χ1v) is 7.88. The summed E-state index contributed by atoms with van der Waals surface area (Å²) in [5.41, 5.74) is 0.749. The molecule has 0 aliphatic heterocycles. The van der Waals surface area contributed by atoms with E-state index >= 15 is 0 Å². The molecule has 1 N–H and O–H groups in total. The SMILES string of the molecule is Clc1ccc(OCCCc2nc(-c3ccccn3)n[nH]2)c(Cl)c1. The second-order valence-electron chi connectivity index (χ2n) is 4.85. The fraction of sp³-hybridized carbons (Fsp3) is 0.188. The molecule has 0 spiro atoms. The van der Waals surface area contributed by atoms with Gasteiger partial charge >= 0.3 is 0 Å². The van der Waals surface area contributed by atoms with E-state index in [1.807, 2.05) is 18.2 Å². The van der Waals surface area contributed by atoms with E-state index in [0.29, 0.717) is 28.2 Å². The monoisotopic (exact) mass is 348 g/mol. The first kappa shape index (κ1) is 15.8. The van der Waals surface area contributed by atoms with Crippen LogP contribution in [-0.2, 0) is 6.42 Å². The van der Waals surface area contributed by atoms with Gasteiger partial charge in [-0.3, -0.25) is 10.1 Å². The summed E-state index contributed by atoms with van der Waals surface area (Å²) < 4.78 is 5.64. The van der Waals surface area contributed by atoms with Crippen molar-refractivity contribution in [2.24, 2.45) is 0 Å². The number of H-pyrrole nitrogens is 1. The van der Waals surface area contributed by atoms with E-state index in [1.165, 1.54) is 0 Å². The summed E-state index contributed by atoms with van der Waals surface area (Å²) in [4.78, 5) is 8.65. The Morgan fingerprint density at radius 3 is 2.83 bits per heavy atom. The molecular weight excluding hydrogens is 335 g/mol. The Morgan fingerprint density at radius 1 is 1.13 bits per heavy atom. The van der Waals surface area contributed by atoms with Gasteiger partial charge in [0.1, 0.15) is 17.3 Å². The van der Waals surface area contributed by atoms with E-state index in [-0.39, 0.29) is 0 Å². The van der Waals surface area contributed by atoms with Crippen molar-refractivity contribution in [2.45, 2.75) is 12.8 Å². The zero-order valence-corrected chi connectivity index (χ0v) is 13.7. The molecule has 118 valence electrons. The van der Waals surface area contributed by atoms with Gasteiger partial charge in [0.25, 0.3) is 0 Å². The van der Waals surface area contributed by atoms with E-state index in [1.54, 1.807) is 24.4 Å². The number of ether oxygens (including phenoxy) is 1. The summed E-state index contributed by atoms with van der Waals surface area (Å²) in [7, 11) is 0. The number of nitrogens with one attached hydrogen (secondary N) is 1. The normalized spacial score (nSPS) is 10.7. The van der Waals surface area contributed by atoms with Crippen molar-refractivity contribution in [2.75, 3.05) is 6.61 Å². The van der Waals surface area contributed by atoms with Crippen molar-refractivity contribution in [1.29, 1.82) is 0 Å². The van der Waals surface area contributed by atoms with Crippen LogP contribution < -0.4 is 4.74 Å². The molecule has 2 aromatic heterocycles. The van der Waals surface area contributed by atoms with Gasteiger partial charge < -0.3 is 4.74 Å². The number of aryl methyl sites for hydroxylation is 1. The summed E-state index contributed by atoms with van der Waals surface area (Å²) in [6.07, 6.45) is 3.23. The number of rotatable bonds is 6. The highest BCUT2D eigenvalue weighted by molar-refractivity contribution is 6.35. The van der Waals surface area contributed by atoms with Crippen LogP contribution in [0.15, 0.2) is 42.6 Å². The average Bonchev–Trinajstić information content (AvgIpc) is 3.03. The second kappa shape index (κ2) is 7.44. The van der Waals surface area contributed by atoms with Gasteiger partial charge in [0.05, 0.1) is 11.6 Å². The largest absolute Gasteiger partial charge is 0.492 e. The molecule has 0 bridgehead atoms. The molecule has 0 saturated heterocycles. The van der Waals surface area contributed by atoms with E-state index in [9.17, 15) is 0 Å². The highest BCUT2D eigenvalue weighted by atomic mass is 35.5. The quantitative estimate of drug-likeness (QED) is 0.678. The van der Waals surface area contributed by atoms with Gasteiger partial charge in [0.2, 0.25) is 0 Å². The average molecular weight is 349 g/mol. The van der Waals surface area contributed by atoms with Crippen LogP contribution in [0.2, 0.25) is 10.0 Å². The minimum atomic E-state index is 0.509. The molecule has 0 saturated carbocycles. The van der Waals surface area contributed by atoms with Crippen molar-refractivity contribution in [3.05, 3.63) is 58.5 Å². The number of aromatic nitrogens is 4. The lowest BCUT2D eigenvalue weighted by Gasteiger charge is -2.07. The zero-order chi connectivity index (χ0) is 16.1. The van der Waals surface area contributed by atoms with Gasteiger partial charge in [-0.2, -0.15) is 5.10 Å². The van der Waals surface area contributed by atoms with Gasteiger partial charge in [0, 0.05) is 17.6 Å². The van der Waals surface area contributed by atoms with Crippen LogP contribution in [0, 0.1) is 0 Å². The van der Waals surface area contributed by atoms with Gasteiger partial charge in [0.15, 0.2) is 5.82 Å². The number of hydrogen-bond donors (Lipinski definition) is 1. The van der Waals surface area contributed by atoms with Crippen LogP contribution in [0.3, 0.4) is 0 Å². The fourth-order valence-corrected chi connectivity index (χ4v) is 2.49. The number of halogens is 2. The maximum atomic E-state index is 6.05. The Hall–Kier alpha value is -2.11. The summed E-state index contributed by atoms with van der Waals surface area (Å²) in [5.74, 6) is 2.03. The highest BCUT2D eigenvalue weighted by Gasteiger charge is 2.07. The van der Waals surface area contributed by atoms with Crippen molar-refractivity contribution < 1.29 is 4.74 Å². The van der Waals surface area contributed by atoms with Gasteiger partial charge in [-0.05, 0) is 36.8 Å². The molecule has 0 fully saturated rings. The zero-order valence-electron chi connectivity index (χ0n) is 12.2. The van der Waals surface area contributed by atoms with Crippen molar-refractivity contribution >= 4 is 23.2 Å². The van der Waals surface area contributed by atoms with Crippen molar-refractivity contribution in [1.82, 2.24) is 20.2 Å². The molecule has 0 aliphatic rings. The summed E-state index contributed by atoms with van der Waals surface area (Å²) in [6.45, 7) is 0.529. The molecule has 0 radical (unpaired) electrons. The molecule has 5 nitrogen and oxygen atoms in total. The van der Waals surface area contributed by atoms with Crippen LogP contribution in [-0.4, -0.2) is 26.8 Å². The Morgan fingerprint density at radius 2 is 2.04 bits per heavy atom. The lowest BCUT2D eigenvalue weighted by Crippen LogP contribution is -2.00. The molecule has 0 amide bonds. The van der Waals surface area contributed by atoms with Gasteiger partial charge in [-0.25, -0.2) is 4.98 Å². The van der Waals surface area contributed by atoms with E-state index in [2.05, 4.69) is 20.2 Å². The van der Waals surface area contributed by atoms with Crippen LogP contribution in [0.4, 0.5) is 0 Å². The highest BCUT2D eigenvalue weighted by Crippen LogP contribution is 2.27. The van der Waals surface area contributed by atoms with Gasteiger partial charge in [-0.1, -0.05) is 29.3 Å². The summed E-state index contributed by atoms with van der Waals surface area (Å²) >= 11 is 11.9. The lowest BCUT2D eigenvalue weighted by molar-refractivity contribution is 0.310. The van der Waals surface area contributed by atoms with Crippen molar-refractivity contribution in [3.63, 3.8) is 0 Å². The molecule has 2 heterocycles. The lowest BCUT2D eigenvalue weighted by atomic mass is 10.3.